The summed E-state index contributed by atoms with van der Waals surface area (Å²) in [5.74, 6) is -6.75. The van der Waals surface area contributed by atoms with Crippen LogP contribution in [0.2, 0.25) is 0 Å². The molecule has 5 atom stereocenters. The molecule has 49 heavy (non-hydrogen) atoms. The van der Waals surface area contributed by atoms with Gasteiger partial charge in [-0.1, -0.05) is 76.8 Å². The number of carbonyl (C=O) groups excluding carboxylic acids is 6. The molecule has 8 N–H and O–H groups in total. The van der Waals surface area contributed by atoms with E-state index in [4.69, 9.17) is 4.74 Å². The van der Waals surface area contributed by atoms with Crippen LogP contribution in [-0.2, 0) is 33.5 Å². The quantitative estimate of drug-likeness (QED) is 0.0902. The third kappa shape index (κ3) is 13.5. The van der Waals surface area contributed by atoms with Crippen LogP contribution in [0.15, 0.2) is 30.3 Å². The highest BCUT2D eigenvalue weighted by Crippen LogP contribution is 2.27. The summed E-state index contributed by atoms with van der Waals surface area (Å²) in [4.78, 5) is 89.2. The first-order valence-electron chi connectivity index (χ1n) is 16.5. The number of alkyl carbamates (subject to hydrolysis) is 1. The van der Waals surface area contributed by atoms with Crippen LogP contribution >= 0.6 is 0 Å². The zero-order chi connectivity index (χ0) is 36.5. The first-order chi connectivity index (χ1) is 23.3. The molecule has 1 aromatic carbocycles. The Morgan fingerprint density at radius 2 is 1.55 bits per heavy atom. The summed E-state index contributed by atoms with van der Waals surface area (Å²) >= 11 is 0. The number of benzene rings is 1. The predicted molar refractivity (Wildman–Crippen MR) is 175 cm³/mol. The highest BCUT2D eigenvalue weighted by molar-refractivity contribution is 6.38. The normalized spacial score (nSPS) is 16.2. The molecule has 1 aliphatic rings. The number of aliphatic carboxylic acids is 1. The van der Waals surface area contributed by atoms with Crippen molar-refractivity contribution in [1.82, 2.24) is 26.6 Å². The lowest BCUT2D eigenvalue weighted by molar-refractivity contribution is -0.143. The van der Waals surface area contributed by atoms with Crippen molar-refractivity contribution in [1.29, 1.82) is 0 Å². The van der Waals surface area contributed by atoms with E-state index in [0.717, 1.165) is 19.3 Å². The number of rotatable bonds is 19. The fourth-order valence-corrected chi connectivity index (χ4v) is 5.33. The van der Waals surface area contributed by atoms with Crippen molar-refractivity contribution in [3.63, 3.8) is 0 Å². The van der Waals surface area contributed by atoms with Gasteiger partial charge < -0.3 is 46.6 Å². The number of ether oxygens (including phenoxy) is 1. The number of hydrogen-bond acceptors (Lipinski definition) is 10. The van der Waals surface area contributed by atoms with Gasteiger partial charge in [0.2, 0.25) is 23.5 Å². The van der Waals surface area contributed by atoms with Gasteiger partial charge in [0.15, 0.2) is 6.04 Å². The molecule has 2 rings (SSSR count). The van der Waals surface area contributed by atoms with Crippen molar-refractivity contribution in [3.05, 3.63) is 35.9 Å². The van der Waals surface area contributed by atoms with Crippen LogP contribution in [0.4, 0.5) is 4.79 Å². The molecule has 0 aliphatic heterocycles. The van der Waals surface area contributed by atoms with Crippen molar-refractivity contribution in [2.24, 2.45) is 11.8 Å². The third-order valence-corrected chi connectivity index (χ3v) is 7.91. The second kappa shape index (κ2) is 20.7. The topological polar surface area (TPSA) is 250 Å². The molecule has 1 aromatic rings. The van der Waals surface area contributed by atoms with Crippen LogP contribution in [-0.4, -0.2) is 101 Å². The number of carbonyl (C=O) groups is 7. The minimum atomic E-state index is -1.81. The van der Waals surface area contributed by atoms with Crippen molar-refractivity contribution in [3.8, 4) is 0 Å². The molecule has 0 spiro atoms. The van der Waals surface area contributed by atoms with Crippen LogP contribution in [0.5, 0.6) is 0 Å². The smallest absolute Gasteiger partial charge is 0.407 e. The molecule has 1 saturated carbocycles. The average Bonchev–Trinajstić information content (AvgIpc) is 3.09. The second-order valence-corrected chi connectivity index (χ2v) is 12.4. The molecule has 0 saturated heterocycles. The third-order valence-electron chi connectivity index (χ3n) is 7.91. The first kappa shape index (κ1) is 40.6. The molecule has 5 amide bonds. The summed E-state index contributed by atoms with van der Waals surface area (Å²) in [7, 11) is 0. The van der Waals surface area contributed by atoms with Gasteiger partial charge in [0.05, 0.1) is 25.8 Å². The van der Waals surface area contributed by atoms with E-state index >= 15 is 0 Å². The fourth-order valence-electron chi connectivity index (χ4n) is 5.33. The van der Waals surface area contributed by atoms with Crippen LogP contribution in [0.1, 0.15) is 77.3 Å². The molecule has 0 aromatic heterocycles. The Hall–Kier alpha value is -4.57. The number of aliphatic hydroxyl groups is 2. The highest BCUT2D eigenvalue weighted by Gasteiger charge is 2.37. The van der Waals surface area contributed by atoms with Gasteiger partial charge in [0.25, 0.3) is 5.91 Å². The Labute approximate surface area is 285 Å². The Balaban J connectivity index is 2.11. The number of hydrogen-bond donors (Lipinski definition) is 8. The maximum absolute atomic E-state index is 13.5. The molecule has 0 heterocycles. The lowest BCUT2D eigenvalue weighted by atomic mass is 9.83. The van der Waals surface area contributed by atoms with Crippen molar-refractivity contribution >= 4 is 41.5 Å². The number of carboxylic acid groups (broad SMARTS) is 1. The molecule has 272 valence electrons. The van der Waals surface area contributed by atoms with Crippen molar-refractivity contribution < 1.29 is 53.6 Å². The Bertz CT molecular complexity index is 1290. The number of Topliss-reactive ketones (excluding diaryl/α,β-unsaturated/α-hetero) is 1. The summed E-state index contributed by atoms with van der Waals surface area (Å²) in [6.07, 6.45) is 1.46. The first-order valence-corrected chi connectivity index (χ1v) is 16.5. The Morgan fingerprint density at radius 3 is 2.12 bits per heavy atom. The maximum atomic E-state index is 13.5. The van der Waals surface area contributed by atoms with Gasteiger partial charge in [-0.2, -0.15) is 0 Å². The number of aliphatic hydroxyl groups excluding tert-OH is 2. The second-order valence-electron chi connectivity index (χ2n) is 12.4. The van der Waals surface area contributed by atoms with E-state index in [1.807, 2.05) is 13.8 Å². The van der Waals surface area contributed by atoms with Crippen molar-refractivity contribution in [2.45, 2.75) is 96.0 Å². The Morgan fingerprint density at radius 1 is 0.898 bits per heavy atom. The number of ketones is 1. The number of nitrogens with one attached hydrogen (secondary N) is 5. The van der Waals surface area contributed by atoms with E-state index < -0.39 is 84.9 Å². The molecule has 1 aliphatic carbocycles. The fraction of sp³-hybridized carbons (Fsp3) is 0.606. The maximum Gasteiger partial charge on any atom is 0.407 e. The SMILES string of the molecule is CCCC(NC(=O)C(NC(=O)C(NC(=O)OCC(C)C)C1CCCCC1)C(O)CO)C(=O)C(=O)NCC(=O)NC(C(=O)O)c1ccccc1. The molecular formula is C33H49N5O11. The zero-order valence-electron chi connectivity index (χ0n) is 28.1. The number of amides is 5. The van der Waals surface area contributed by atoms with E-state index in [2.05, 4.69) is 26.6 Å². The summed E-state index contributed by atoms with van der Waals surface area (Å²) < 4.78 is 5.18. The molecule has 16 nitrogen and oxygen atoms in total. The number of carboxylic acids is 1. The van der Waals surface area contributed by atoms with Gasteiger partial charge in [0.1, 0.15) is 18.2 Å². The predicted octanol–water partition coefficient (Wildman–Crippen LogP) is 0.0678. The zero-order valence-corrected chi connectivity index (χ0v) is 28.1. The average molecular weight is 692 g/mol. The lowest BCUT2D eigenvalue weighted by Gasteiger charge is -2.32. The molecule has 0 radical (unpaired) electrons. The summed E-state index contributed by atoms with van der Waals surface area (Å²) in [5.41, 5.74) is 0.287. The van der Waals surface area contributed by atoms with Gasteiger partial charge in [-0.3, -0.25) is 24.0 Å². The highest BCUT2D eigenvalue weighted by atomic mass is 16.5. The Kier molecular flexibility index (Phi) is 17.2. The molecule has 16 heteroatoms. The lowest BCUT2D eigenvalue weighted by Crippen LogP contribution is -2.61. The largest absolute Gasteiger partial charge is 0.479 e. The van der Waals surface area contributed by atoms with E-state index in [-0.39, 0.29) is 30.4 Å². The monoisotopic (exact) mass is 691 g/mol. The van der Waals surface area contributed by atoms with Gasteiger partial charge in [-0.15, -0.1) is 0 Å². The van der Waals surface area contributed by atoms with Gasteiger partial charge in [0, 0.05) is 0 Å². The van der Waals surface area contributed by atoms with Gasteiger partial charge in [-0.25, -0.2) is 9.59 Å². The van der Waals surface area contributed by atoms with Crippen LogP contribution < -0.4 is 26.6 Å². The van der Waals surface area contributed by atoms with E-state index in [1.54, 1.807) is 25.1 Å². The standard InChI is InChI=1S/C33H49N5O11/c1-4-11-22(28(42)31(45)34-16-24(41)36-26(32(46)47)21-14-9-6-10-15-21)35-30(44)27(23(40)17-39)37-29(43)25(20-12-7-5-8-13-20)38-33(48)49-18-19(2)3/h6,9-10,14-15,19-20,22-23,25-27,39-40H,4-5,7-8,11-13,16-18H2,1-3H3,(H,34,45)(H,35,44)(H,36,41)(H,37,43)(H,38,48)(H,46,47). The van der Waals surface area contributed by atoms with Crippen LogP contribution in [0.3, 0.4) is 0 Å². The molecular weight excluding hydrogens is 642 g/mol. The van der Waals surface area contributed by atoms with Gasteiger partial charge in [-0.05, 0) is 36.7 Å². The summed E-state index contributed by atoms with van der Waals surface area (Å²) in [6.45, 7) is 3.79. The van der Waals surface area contributed by atoms with Gasteiger partial charge >= 0.3 is 12.1 Å². The van der Waals surface area contributed by atoms with E-state index in [9.17, 15) is 48.9 Å². The van der Waals surface area contributed by atoms with E-state index in [0.29, 0.717) is 19.3 Å². The van der Waals surface area contributed by atoms with Crippen LogP contribution in [0, 0.1) is 11.8 Å². The summed E-state index contributed by atoms with van der Waals surface area (Å²) in [5, 5.41) is 41.4. The summed E-state index contributed by atoms with van der Waals surface area (Å²) in [6, 6.07) is 2.10. The molecule has 1 fully saturated rings. The van der Waals surface area contributed by atoms with Crippen molar-refractivity contribution in [2.75, 3.05) is 19.8 Å². The molecule has 0 bridgehead atoms. The van der Waals surface area contributed by atoms with E-state index in [1.165, 1.54) is 12.1 Å². The minimum absolute atomic E-state index is 0.0386. The van der Waals surface area contributed by atoms with Crippen LogP contribution in [0.25, 0.3) is 0 Å². The molecule has 5 unspecified atom stereocenters. The minimum Gasteiger partial charge on any atom is -0.479 e.